The summed E-state index contributed by atoms with van der Waals surface area (Å²) in [6.45, 7) is 4.05. The number of ether oxygens (including phenoxy) is 1. The number of benzene rings is 1. The summed E-state index contributed by atoms with van der Waals surface area (Å²) in [5.74, 6) is -0.0546. The van der Waals surface area contributed by atoms with Gasteiger partial charge in [-0.1, -0.05) is 30.7 Å². The van der Waals surface area contributed by atoms with Gasteiger partial charge < -0.3 is 14.6 Å². The molecule has 0 aliphatic carbocycles. The highest BCUT2D eigenvalue weighted by Crippen LogP contribution is 2.21. The number of aromatic nitrogens is 1. The molecule has 4 nitrogen and oxygen atoms in total. The highest BCUT2D eigenvalue weighted by Gasteiger charge is 2.21. The van der Waals surface area contributed by atoms with Crippen LogP contribution >= 0.6 is 11.6 Å². The summed E-state index contributed by atoms with van der Waals surface area (Å²) < 4.78 is 7.54. The molecule has 1 N–H and O–H groups in total. The van der Waals surface area contributed by atoms with Crippen LogP contribution in [0.3, 0.4) is 0 Å². The molecule has 22 heavy (non-hydrogen) atoms. The highest BCUT2D eigenvalue weighted by atomic mass is 35.5. The predicted octanol–water partition coefficient (Wildman–Crippen LogP) is 3.55. The minimum Gasteiger partial charge on any atom is -0.373 e. The van der Waals surface area contributed by atoms with Gasteiger partial charge in [0.05, 0.1) is 30.5 Å². The summed E-state index contributed by atoms with van der Waals surface area (Å²) in [6, 6.07) is 9.45. The van der Waals surface area contributed by atoms with Crippen molar-refractivity contribution in [1.29, 1.82) is 0 Å². The predicted molar refractivity (Wildman–Crippen MR) is 86.0 cm³/mol. The molecule has 2 aromatic rings. The molecule has 0 bridgehead atoms. The molecule has 0 spiro atoms. The van der Waals surface area contributed by atoms with Crippen LogP contribution in [-0.2, 0) is 17.9 Å². The third kappa shape index (κ3) is 3.03. The molecular weight excluding hydrogens is 300 g/mol. The maximum absolute atomic E-state index is 12.6. The quantitative estimate of drug-likeness (QED) is 0.936. The van der Waals surface area contributed by atoms with E-state index >= 15 is 0 Å². The number of halogens is 1. The number of hydrogen-bond donors (Lipinski definition) is 1. The first-order chi connectivity index (χ1) is 10.7. The third-order valence-electron chi connectivity index (χ3n) is 4.02. The first-order valence-electron chi connectivity index (χ1n) is 7.51. The molecule has 1 aliphatic heterocycles. The van der Waals surface area contributed by atoms with Gasteiger partial charge in [-0.2, -0.15) is 0 Å². The third-order valence-corrected chi connectivity index (χ3v) is 4.28. The minimum absolute atomic E-state index is 0.0233. The van der Waals surface area contributed by atoms with Gasteiger partial charge in [0.1, 0.15) is 0 Å². The number of fused-ring (bicyclic) bond motifs is 1. The van der Waals surface area contributed by atoms with Crippen LogP contribution in [0.25, 0.3) is 0 Å². The summed E-state index contributed by atoms with van der Waals surface area (Å²) >= 11 is 5.92. The lowest BCUT2D eigenvalue weighted by molar-refractivity contribution is 0.0809. The molecule has 1 amide bonds. The molecule has 5 heteroatoms. The van der Waals surface area contributed by atoms with Gasteiger partial charge in [-0.05, 0) is 30.2 Å². The van der Waals surface area contributed by atoms with Crippen molar-refractivity contribution in [2.75, 3.05) is 6.61 Å². The zero-order chi connectivity index (χ0) is 15.5. The largest absolute Gasteiger partial charge is 0.373 e. The zero-order valence-electron chi connectivity index (χ0n) is 12.5. The Morgan fingerprint density at radius 1 is 1.36 bits per heavy atom. The molecule has 1 aromatic carbocycles. The number of nitrogens with zero attached hydrogens (tertiary/aromatic N) is 1. The molecule has 1 aromatic heterocycles. The van der Waals surface area contributed by atoms with Crippen molar-refractivity contribution in [3.05, 3.63) is 58.4 Å². The maximum Gasteiger partial charge on any atom is 0.253 e. The molecule has 0 saturated heterocycles. The highest BCUT2D eigenvalue weighted by molar-refractivity contribution is 6.30. The van der Waals surface area contributed by atoms with Crippen molar-refractivity contribution in [3.63, 3.8) is 0 Å². The van der Waals surface area contributed by atoms with Crippen LogP contribution < -0.4 is 5.32 Å². The molecule has 2 heterocycles. The van der Waals surface area contributed by atoms with Crippen molar-refractivity contribution < 1.29 is 9.53 Å². The van der Waals surface area contributed by atoms with Gasteiger partial charge in [-0.15, -0.1) is 0 Å². The molecular formula is C17H19ClN2O2. The van der Waals surface area contributed by atoms with Crippen molar-refractivity contribution in [2.45, 2.75) is 32.5 Å². The number of rotatable bonds is 4. The Labute approximate surface area is 135 Å². The fraction of sp³-hybridized carbons (Fsp3) is 0.353. The van der Waals surface area contributed by atoms with E-state index in [9.17, 15) is 4.79 Å². The summed E-state index contributed by atoms with van der Waals surface area (Å²) in [4.78, 5) is 12.6. The van der Waals surface area contributed by atoms with Crippen LogP contribution in [0.1, 0.15) is 41.0 Å². The lowest BCUT2D eigenvalue weighted by atomic mass is 10.0. The smallest absolute Gasteiger partial charge is 0.253 e. The maximum atomic E-state index is 12.6. The summed E-state index contributed by atoms with van der Waals surface area (Å²) in [6.07, 6.45) is 2.77. The molecule has 1 atom stereocenters. The van der Waals surface area contributed by atoms with Crippen molar-refractivity contribution >= 4 is 17.5 Å². The lowest BCUT2D eigenvalue weighted by Crippen LogP contribution is -2.29. The Balaban J connectivity index is 1.77. The second-order valence-electron chi connectivity index (χ2n) is 5.41. The summed E-state index contributed by atoms with van der Waals surface area (Å²) in [7, 11) is 0. The van der Waals surface area contributed by atoms with Crippen molar-refractivity contribution in [2.24, 2.45) is 0 Å². The van der Waals surface area contributed by atoms with E-state index in [0.717, 1.165) is 24.2 Å². The standard InChI is InChI=1S/C17H19ClN2O2/c1-2-15(12-3-5-13(18)6-4-12)19-17(21)14-7-8-20-9-10-22-11-16(14)20/h3-8,15H,2,9-11H2,1H3,(H,19,21)/t15-/m1/s1. The number of carbonyl (C=O) groups excluding carboxylic acids is 1. The first-order valence-corrected chi connectivity index (χ1v) is 7.89. The molecule has 0 saturated carbocycles. The summed E-state index contributed by atoms with van der Waals surface area (Å²) in [5.41, 5.74) is 2.71. The molecule has 0 fully saturated rings. The number of hydrogen-bond acceptors (Lipinski definition) is 2. The Bertz CT molecular complexity index is 664. The van der Waals surface area contributed by atoms with Crippen LogP contribution in [0.15, 0.2) is 36.5 Å². The van der Waals surface area contributed by atoms with Crippen molar-refractivity contribution in [3.8, 4) is 0 Å². The number of carbonyl (C=O) groups is 1. The molecule has 1 aliphatic rings. The first kappa shape index (κ1) is 15.1. The lowest BCUT2D eigenvalue weighted by Gasteiger charge is -2.20. The Morgan fingerprint density at radius 3 is 2.86 bits per heavy atom. The second kappa shape index (κ2) is 6.55. The van der Waals surface area contributed by atoms with Crippen LogP contribution in [0.4, 0.5) is 0 Å². The average molecular weight is 319 g/mol. The van der Waals surface area contributed by atoms with Gasteiger partial charge in [-0.3, -0.25) is 4.79 Å². The van der Waals surface area contributed by atoms with Crippen LogP contribution in [0.2, 0.25) is 5.02 Å². The van der Waals surface area contributed by atoms with Gasteiger partial charge in [0.25, 0.3) is 5.91 Å². The van der Waals surface area contributed by atoms with E-state index in [4.69, 9.17) is 16.3 Å². The number of nitrogens with one attached hydrogen (secondary N) is 1. The van der Waals surface area contributed by atoms with Crippen LogP contribution in [-0.4, -0.2) is 17.1 Å². The van der Waals surface area contributed by atoms with Gasteiger partial charge >= 0.3 is 0 Å². The van der Waals surface area contributed by atoms with E-state index in [1.54, 1.807) is 0 Å². The Morgan fingerprint density at radius 2 is 2.14 bits per heavy atom. The normalized spacial score (nSPS) is 15.2. The van der Waals surface area contributed by atoms with Gasteiger partial charge in [0.15, 0.2) is 0 Å². The topological polar surface area (TPSA) is 43.3 Å². The second-order valence-corrected chi connectivity index (χ2v) is 5.84. The zero-order valence-corrected chi connectivity index (χ0v) is 13.3. The van der Waals surface area contributed by atoms with Gasteiger partial charge in [0, 0.05) is 17.8 Å². The fourth-order valence-electron chi connectivity index (χ4n) is 2.77. The molecule has 0 radical (unpaired) electrons. The van der Waals surface area contributed by atoms with Gasteiger partial charge in [0.2, 0.25) is 0 Å². The minimum atomic E-state index is -0.0546. The molecule has 3 rings (SSSR count). The summed E-state index contributed by atoms with van der Waals surface area (Å²) in [5, 5.41) is 3.80. The molecule has 0 unspecified atom stereocenters. The average Bonchev–Trinajstić information content (AvgIpc) is 2.97. The van der Waals surface area contributed by atoms with Crippen LogP contribution in [0.5, 0.6) is 0 Å². The van der Waals surface area contributed by atoms with E-state index in [-0.39, 0.29) is 11.9 Å². The van der Waals surface area contributed by atoms with Crippen LogP contribution in [0, 0.1) is 0 Å². The van der Waals surface area contributed by atoms with E-state index in [0.29, 0.717) is 23.8 Å². The van der Waals surface area contributed by atoms with E-state index in [2.05, 4.69) is 16.8 Å². The Kier molecular flexibility index (Phi) is 4.50. The van der Waals surface area contributed by atoms with Gasteiger partial charge in [-0.25, -0.2) is 0 Å². The monoisotopic (exact) mass is 318 g/mol. The van der Waals surface area contributed by atoms with E-state index in [1.807, 2.05) is 36.5 Å². The SMILES string of the molecule is CC[C@@H](NC(=O)c1ccn2c1COCC2)c1ccc(Cl)cc1. The van der Waals surface area contributed by atoms with E-state index < -0.39 is 0 Å². The fourth-order valence-corrected chi connectivity index (χ4v) is 2.89. The number of amides is 1. The Hall–Kier alpha value is -1.78. The molecule has 116 valence electrons. The van der Waals surface area contributed by atoms with E-state index in [1.165, 1.54) is 0 Å². The van der Waals surface area contributed by atoms with Crippen molar-refractivity contribution in [1.82, 2.24) is 9.88 Å².